The van der Waals surface area contributed by atoms with Crippen molar-refractivity contribution in [1.82, 2.24) is 4.98 Å². The Morgan fingerprint density at radius 2 is 2.16 bits per heavy atom. The van der Waals surface area contributed by atoms with E-state index < -0.39 is 0 Å². The van der Waals surface area contributed by atoms with Gasteiger partial charge in [0.25, 0.3) is 5.91 Å². The van der Waals surface area contributed by atoms with E-state index in [-0.39, 0.29) is 5.91 Å². The Morgan fingerprint density at radius 3 is 2.74 bits per heavy atom. The highest BCUT2D eigenvalue weighted by Gasteiger charge is 2.21. The lowest BCUT2D eigenvalue weighted by atomic mass is 10.2. The minimum absolute atomic E-state index is 0.0280. The van der Waals surface area contributed by atoms with Crippen molar-refractivity contribution in [3.63, 3.8) is 0 Å². The Morgan fingerprint density at radius 1 is 1.42 bits per heavy atom. The van der Waals surface area contributed by atoms with E-state index in [1.165, 1.54) is 11.3 Å². The van der Waals surface area contributed by atoms with Crippen LogP contribution in [0, 0.1) is 6.92 Å². The summed E-state index contributed by atoms with van der Waals surface area (Å²) in [5, 5.41) is 0. The average molecular weight is 275 g/mol. The zero-order valence-corrected chi connectivity index (χ0v) is 11.9. The topological polar surface area (TPSA) is 59.2 Å². The van der Waals surface area contributed by atoms with E-state index in [4.69, 9.17) is 5.73 Å². The molecule has 0 aliphatic carbocycles. The maximum absolute atomic E-state index is 12.6. The zero-order chi connectivity index (χ0) is 13.8. The highest BCUT2D eigenvalue weighted by molar-refractivity contribution is 7.12. The normalized spacial score (nSPS) is 10.4. The van der Waals surface area contributed by atoms with Crippen LogP contribution < -0.4 is 10.6 Å². The van der Waals surface area contributed by atoms with E-state index in [0.717, 1.165) is 17.8 Å². The van der Waals surface area contributed by atoms with Crippen LogP contribution in [0.2, 0.25) is 0 Å². The number of hydrogen-bond acceptors (Lipinski definition) is 4. The predicted octanol–water partition coefficient (Wildman–Crippen LogP) is 3.09. The number of nitrogen functional groups attached to an aromatic ring is 1. The summed E-state index contributed by atoms with van der Waals surface area (Å²) in [6, 6.07) is 7.44. The van der Waals surface area contributed by atoms with Crippen LogP contribution in [-0.4, -0.2) is 17.4 Å². The van der Waals surface area contributed by atoms with Crippen LogP contribution in [0.3, 0.4) is 0 Å². The van der Waals surface area contributed by atoms with Crippen LogP contribution in [0.5, 0.6) is 0 Å². The van der Waals surface area contributed by atoms with Gasteiger partial charge in [0.15, 0.2) is 0 Å². The molecule has 2 N–H and O–H groups in total. The Bertz CT molecular complexity index is 580. The summed E-state index contributed by atoms with van der Waals surface area (Å²) in [7, 11) is 0. The van der Waals surface area contributed by atoms with E-state index in [0.29, 0.717) is 17.1 Å². The van der Waals surface area contributed by atoms with Crippen molar-refractivity contribution in [1.29, 1.82) is 0 Å². The molecule has 0 atom stereocenters. The number of thiazole rings is 1. The van der Waals surface area contributed by atoms with Gasteiger partial charge in [-0.3, -0.25) is 4.79 Å². The third kappa shape index (κ3) is 2.76. The van der Waals surface area contributed by atoms with Crippen LogP contribution in [0.1, 0.15) is 28.7 Å². The van der Waals surface area contributed by atoms with Gasteiger partial charge in [-0.2, -0.15) is 0 Å². The fraction of sp³-hybridized carbons (Fsp3) is 0.286. The molecule has 0 bridgehead atoms. The van der Waals surface area contributed by atoms with Gasteiger partial charge in [0.2, 0.25) is 0 Å². The number of nitrogens with two attached hydrogens (primary N) is 1. The molecule has 0 fully saturated rings. The molecule has 0 spiro atoms. The van der Waals surface area contributed by atoms with Crippen LogP contribution >= 0.6 is 11.3 Å². The molecule has 2 aromatic rings. The van der Waals surface area contributed by atoms with E-state index >= 15 is 0 Å². The molecule has 0 aliphatic rings. The van der Waals surface area contributed by atoms with Crippen LogP contribution in [0.4, 0.5) is 11.4 Å². The molecule has 1 heterocycles. The molecule has 2 rings (SSSR count). The molecule has 0 unspecified atom stereocenters. The van der Waals surface area contributed by atoms with Crippen LogP contribution in [-0.2, 0) is 0 Å². The largest absolute Gasteiger partial charge is 0.397 e. The number of benzene rings is 1. The first-order valence-electron chi connectivity index (χ1n) is 6.21. The molecule has 0 radical (unpaired) electrons. The summed E-state index contributed by atoms with van der Waals surface area (Å²) in [4.78, 5) is 19.2. The second-order valence-electron chi connectivity index (χ2n) is 4.28. The highest BCUT2D eigenvalue weighted by atomic mass is 32.1. The first-order valence-corrected chi connectivity index (χ1v) is 7.09. The third-order valence-electron chi connectivity index (χ3n) is 2.86. The maximum Gasteiger partial charge on any atom is 0.270 e. The van der Waals surface area contributed by atoms with Gasteiger partial charge in [-0.1, -0.05) is 19.1 Å². The fourth-order valence-corrected chi connectivity index (χ4v) is 2.67. The summed E-state index contributed by atoms with van der Waals surface area (Å²) in [6.45, 7) is 4.53. The Hall–Kier alpha value is -1.88. The van der Waals surface area contributed by atoms with Crippen molar-refractivity contribution in [2.24, 2.45) is 0 Å². The van der Waals surface area contributed by atoms with E-state index in [9.17, 15) is 4.79 Å². The molecule has 0 aliphatic heterocycles. The smallest absolute Gasteiger partial charge is 0.270 e. The lowest BCUT2D eigenvalue weighted by Crippen LogP contribution is -2.32. The Kier molecular flexibility index (Phi) is 4.16. The summed E-state index contributed by atoms with van der Waals surface area (Å²) >= 11 is 1.37. The summed E-state index contributed by atoms with van der Waals surface area (Å²) in [5.41, 5.74) is 9.82. The van der Waals surface area contributed by atoms with E-state index in [1.807, 2.05) is 38.1 Å². The lowest BCUT2D eigenvalue weighted by Gasteiger charge is -2.23. The molecular formula is C14H17N3OS. The van der Waals surface area contributed by atoms with Gasteiger partial charge in [0, 0.05) is 6.54 Å². The van der Waals surface area contributed by atoms with Crippen molar-refractivity contribution in [3.8, 4) is 0 Å². The number of aryl methyl sites for hydroxylation is 1. The van der Waals surface area contributed by atoms with Crippen molar-refractivity contribution in [2.75, 3.05) is 17.2 Å². The second kappa shape index (κ2) is 5.84. The number of amides is 1. The summed E-state index contributed by atoms with van der Waals surface area (Å²) < 4.78 is 0. The van der Waals surface area contributed by atoms with E-state index in [1.54, 1.807) is 10.4 Å². The first kappa shape index (κ1) is 13.5. The van der Waals surface area contributed by atoms with Crippen LogP contribution in [0.25, 0.3) is 0 Å². The average Bonchev–Trinajstić information content (AvgIpc) is 2.82. The minimum atomic E-state index is -0.0280. The lowest BCUT2D eigenvalue weighted by molar-refractivity contribution is 0.0990. The molecule has 0 saturated carbocycles. The summed E-state index contributed by atoms with van der Waals surface area (Å²) in [5.74, 6) is -0.0280. The van der Waals surface area contributed by atoms with E-state index in [2.05, 4.69) is 4.98 Å². The molecule has 5 heteroatoms. The zero-order valence-electron chi connectivity index (χ0n) is 11.1. The first-order chi connectivity index (χ1) is 9.15. The highest BCUT2D eigenvalue weighted by Crippen LogP contribution is 2.26. The Balaban J connectivity index is 2.39. The quantitative estimate of drug-likeness (QED) is 0.872. The molecular weight excluding hydrogens is 258 g/mol. The van der Waals surface area contributed by atoms with Crippen molar-refractivity contribution in [2.45, 2.75) is 20.3 Å². The minimum Gasteiger partial charge on any atom is -0.397 e. The van der Waals surface area contributed by atoms with Crippen LogP contribution in [0.15, 0.2) is 29.8 Å². The number of nitrogens with zero attached hydrogens (tertiary/aromatic N) is 2. The van der Waals surface area contributed by atoms with Gasteiger partial charge in [-0.05, 0) is 25.5 Å². The summed E-state index contributed by atoms with van der Waals surface area (Å²) in [6.07, 6.45) is 0.873. The Labute approximate surface area is 116 Å². The van der Waals surface area contributed by atoms with Gasteiger partial charge in [0.05, 0.1) is 22.6 Å². The molecule has 19 heavy (non-hydrogen) atoms. The molecule has 1 aromatic heterocycles. The van der Waals surface area contributed by atoms with Crippen molar-refractivity contribution >= 4 is 28.6 Å². The number of para-hydroxylation sites is 2. The number of hydrogen-bond donors (Lipinski definition) is 1. The molecule has 0 saturated heterocycles. The van der Waals surface area contributed by atoms with Gasteiger partial charge >= 0.3 is 0 Å². The van der Waals surface area contributed by atoms with Gasteiger partial charge < -0.3 is 10.6 Å². The maximum atomic E-state index is 12.6. The second-order valence-corrected chi connectivity index (χ2v) is 5.14. The SMILES string of the molecule is CCCN(C(=O)c1scnc1C)c1ccccc1N. The van der Waals surface area contributed by atoms with Crippen molar-refractivity contribution in [3.05, 3.63) is 40.3 Å². The molecule has 100 valence electrons. The van der Waals surface area contributed by atoms with Gasteiger partial charge in [-0.25, -0.2) is 4.98 Å². The predicted molar refractivity (Wildman–Crippen MR) is 79.7 cm³/mol. The molecule has 1 amide bonds. The molecule has 1 aromatic carbocycles. The number of rotatable bonds is 4. The monoisotopic (exact) mass is 275 g/mol. The number of anilines is 2. The molecule has 4 nitrogen and oxygen atoms in total. The van der Waals surface area contributed by atoms with Gasteiger partial charge in [0.1, 0.15) is 4.88 Å². The standard InChI is InChI=1S/C14H17N3OS/c1-3-8-17(12-7-5-4-6-11(12)15)14(18)13-10(2)16-9-19-13/h4-7,9H,3,8,15H2,1-2H3. The number of carbonyl (C=O) groups is 1. The third-order valence-corrected chi connectivity index (χ3v) is 3.78. The fourth-order valence-electron chi connectivity index (χ4n) is 1.92. The number of carbonyl (C=O) groups excluding carboxylic acids is 1. The van der Waals surface area contributed by atoms with Crippen molar-refractivity contribution < 1.29 is 4.79 Å². The van der Waals surface area contributed by atoms with Gasteiger partial charge in [-0.15, -0.1) is 11.3 Å². The number of aromatic nitrogens is 1.